The minimum atomic E-state index is -1.53. The maximum Gasteiger partial charge on any atom is 0.334 e. The van der Waals surface area contributed by atoms with E-state index in [1.807, 2.05) is 6.92 Å². The third-order valence-corrected chi connectivity index (χ3v) is 5.78. The van der Waals surface area contributed by atoms with E-state index >= 15 is 0 Å². The lowest BCUT2D eigenvalue weighted by Gasteiger charge is -2.39. The first-order valence-electron chi connectivity index (χ1n) is 9.71. The van der Waals surface area contributed by atoms with Gasteiger partial charge in [0.05, 0.1) is 5.92 Å². The van der Waals surface area contributed by atoms with Gasteiger partial charge >= 0.3 is 11.9 Å². The number of ketones is 1. The van der Waals surface area contributed by atoms with E-state index in [9.17, 15) is 24.6 Å². The third-order valence-electron chi connectivity index (χ3n) is 5.78. The number of hydrogen-bond acceptors (Lipinski definition) is 7. The molecule has 1 aliphatic carbocycles. The number of fused-ring (bicyclic) bond motifs is 1. The largest absolute Gasteiger partial charge is 0.454 e. The number of hydrogen-bond donors (Lipinski definition) is 2. The molecular weight excluding hydrogens is 364 g/mol. The van der Waals surface area contributed by atoms with Crippen molar-refractivity contribution >= 4 is 17.7 Å². The van der Waals surface area contributed by atoms with Crippen LogP contribution in [-0.2, 0) is 23.9 Å². The van der Waals surface area contributed by atoms with Crippen LogP contribution in [0.5, 0.6) is 0 Å². The third kappa shape index (κ3) is 4.52. The number of aliphatic hydroxyl groups is 2. The number of esters is 2. The van der Waals surface area contributed by atoms with Crippen molar-refractivity contribution in [3.63, 3.8) is 0 Å². The molecule has 28 heavy (non-hydrogen) atoms. The Labute approximate surface area is 165 Å². The molecule has 0 bridgehead atoms. The summed E-state index contributed by atoms with van der Waals surface area (Å²) >= 11 is 0. The van der Waals surface area contributed by atoms with Crippen LogP contribution in [0.15, 0.2) is 23.8 Å². The predicted octanol–water partition coefficient (Wildman–Crippen LogP) is 1.85. The van der Waals surface area contributed by atoms with Crippen LogP contribution in [0.1, 0.15) is 53.4 Å². The quantitative estimate of drug-likeness (QED) is 0.555. The van der Waals surface area contributed by atoms with E-state index < -0.39 is 53.5 Å². The summed E-state index contributed by atoms with van der Waals surface area (Å²) in [4.78, 5) is 37.1. The lowest BCUT2D eigenvalue weighted by atomic mass is 9.76. The van der Waals surface area contributed by atoms with E-state index in [4.69, 9.17) is 9.47 Å². The molecule has 1 heterocycles. The Morgan fingerprint density at radius 3 is 2.68 bits per heavy atom. The Balaban J connectivity index is 2.46. The van der Waals surface area contributed by atoms with Gasteiger partial charge in [0, 0.05) is 17.6 Å². The molecule has 6 atom stereocenters. The first kappa shape index (κ1) is 22.3. The van der Waals surface area contributed by atoms with E-state index in [2.05, 4.69) is 6.58 Å². The van der Waals surface area contributed by atoms with E-state index in [0.717, 1.165) is 5.57 Å². The summed E-state index contributed by atoms with van der Waals surface area (Å²) in [7, 11) is 0. The Bertz CT molecular complexity index is 691. The second-order valence-corrected chi connectivity index (χ2v) is 8.12. The molecule has 1 saturated heterocycles. The molecule has 7 heteroatoms. The highest BCUT2D eigenvalue weighted by Gasteiger charge is 2.55. The van der Waals surface area contributed by atoms with Crippen LogP contribution in [0.4, 0.5) is 0 Å². The molecule has 0 radical (unpaired) electrons. The molecule has 1 aliphatic heterocycles. The van der Waals surface area contributed by atoms with Crippen LogP contribution in [-0.4, -0.2) is 51.8 Å². The van der Waals surface area contributed by atoms with E-state index in [1.54, 1.807) is 13.8 Å². The zero-order chi connectivity index (χ0) is 21.2. The van der Waals surface area contributed by atoms with Crippen molar-refractivity contribution in [2.24, 2.45) is 11.8 Å². The van der Waals surface area contributed by atoms with Gasteiger partial charge in [0.1, 0.15) is 11.7 Å². The van der Waals surface area contributed by atoms with Crippen molar-refractivity contribution in [3.8, 4) is 0 Å². The smallest absolute Gasteiger partial charge is 0.334 e. The average Bonchev–Trinajstić information content (AvgIpc) is 2.91. The van der Waals surface area contributed by atoms with E-state index in [-0.39, 0.29) is 12.0 Å². The van der Waals surface area contributed by atoms with Gasteiger partial charge in [0.15, 0.2) is 18.0 Å². The maximum atomic E-state index is 12.6. The van der Waals surface area contributed by atoms with Gasteiger partial charge in [-0.15, -0.1) is 0 Å². The average molecular weight is 394 g/mol. The van der Waals surface area contributed by atoms with Crippen molar-refractivity contribution in [1.82, 2.24) is 0 Å². The minimum Gasteiger partial charge on any atom is -0.454 e. The Hall–Kier alpha value is -1.99. The number of ether oxygens (including phenoxy) is 2. The van der Waals surface area contributed by atoms with Crippen LogP contribution in [0.2, 0.25) is 0 Å². The van der Waals surface area contributed by atoms with Gasteiger partial charge in [-0.3, -0.25) is 4.79 Å². The van der Waals surface area contributed by atoms with Gasteiger partial charge in [-0.2, -0.15) is 0 Å². The van der Waals surface area contributed by atoms with Gasteiger partial charge in [0.25, 0.3) is 0 Å². The Morgan fingerprint density at radius 2 is 2.07 bits per heavy atom. The molecule has 0 aromatic carbocycles. The zero-order valence-electron chi connectivity index (χ0n) is 16.9. The normalized spacial score (nSPS) is 37.3. The number of carbonyl (C=O) groups is 3. The molecule has 1 saturated carbocycles. The van der Waals surface area contributed by atoms with Gasteiger partial charge in [-0.05, 0) is 39.5 Å². The molecular formula is C21H30O7. The van der Waals surface area contributed by atoms with Gasteiger partial charge in [-0.25, -0.2) is 9.59 Å². The second-order valence-electron chi connectivity index (χ2n) is 8.12. The lowest BCUT2D eigenvalue weighted by Crippen LogP contribution is -2.54. The standard InChI is InChI=1S/C21H30O7/c1-6-11(2)10-14(22)27-19-18-15(13(4)20(25)28-18)17(24)16(23)12(3)8-7-9-21(19,5)26/h10,12,15,17-19,24,26H,4,6-9H2,1-3,5H3. The summed E-state index contributed by atoms with van der Waals surface area (Å²) in [5, 5.41) is 21.7. The minimum absolute atomic E-state index is 0.0595. The van der Waals surface area contributed by atoms with Crippen molar-refractivity contribution in [3.05, 3.63) is 23.8 Å². The number of aliphatic hydroxyl groups excluding tert-OH is 1. The topological polar surface area (TPSA) is 110 Å². The molecule has 2 rings (SSSR count). The summed E-state index contributed by atoms with van der Waals surface area (Å²) < 4.78 is 10.9. The monoisotopic (exact) mass is 394 g/mol. The second kappa shape index (κ2) is 8.57. The first-order valence-corrected chi connectivity index (χ1v) is 9.71. The molecule has 2 aliphatic rings. The molecule has 0 aromatic heterocycles. The van der Waals surface area contributed by atoms with Crippen molar-refractivity contribution in [2.45, 2.75) is 77.3 Å². The van der Waals surface area contributed by atoms with Crippen molar-refractivity contribution in [1.29, 1.82) is 0 Å². The molecule has 0 aromatic rings. The first-order chi connectivity index (χ1) is 13.0. The van der Waals surface area contributed by atoms with Crippen LogP contribution < -0.4 is 0 Å². The molecule has 6 unspecified atom stereocenters. The molecule has 7 nitrogen and oxygen atoms in total. The lowest BCUT2D eigenvalue weighted by molar-refractivity contribution is -0.187. The van der Waals surface area contributed by atoms with Crippen molar-refractivity contribution < 1.29 is 34.1 Å². The van der Waals surface area contributed by atoms with Gasteiger partial charge in [0.2, 0.25) is 0 Å². The molecule has 0 spiro atoms. The molecule has 156 valence electrons. The highest BCUT2D eigenvalue weighted by molar-refractivity contribution is 5.94. The predicted molar refractivity (Wildman–Crippen MR) is 101 cm³/mol. The van der Waals surface area contributed by atoms with Gasteiger partial charge < -0.3 is 19.7 Å². The van der Waals surface area contributed by atoms with Crippen LogP contribution in [0.3, 0.4) is 0 Å². The fourth-order valence-corrected chi connectivity index (χ4v) is 3.76. The van der Waals surface area contributed by atoms with E-state index in [1.165, 1.54) is 13.0 Å². The van der Waals surface area contributed by atoms with E-state index in [0.29, 0.717) is 19.3 Å². The fraction of sp³-hybridized carbons (Fsp3) is 0.667. The Morgan fingerprint density at radius 1 is 1.43 bits per heavy atom. The SMILES string of the molecule is C=C1C(=O)OC2C1C(O)C(=O)C(C)CCCC(C)(O)C2OC(=O)C=C(C)CC. The summed E-state index contributed by atoms with van der Waals surface area (Å²) in [5.74, 6) is -3.39. The molecule has 0 amide bonds. The Kier molecular flexibility index (Phi) is 6.83. The summed E-state index contributed by atoms with van der Waals surface area (Å²) in [5.41, 5.74) is -0.786. The fourth-order valence-electron chi connectivity index (χ4n) is 3.76. The highest BCUT2D eigenvalue weighted by Crippen LogP contribution is 2.39. The highest BCUT2D eigenvalue weighted by atomic mass is 16.6. The van der Waals surface area contributed by atoms with Crippen LogP contribution >= 0.6 is 0 Å². The molecule has 2 fully saturated rings. The number of Topliss-reactive ketones (excluding diaryl/α,β-unsaturated/α-hetero) is 1. The zero-order valence-corrected chi connectivity index (χ0v) is 16.9. The summed E-state index contributed by atoms with van der Waals surface area (Å²) in [6.45, 7) is 10.5. The summed E-state index contributed by atoms with van der Waals surface area (Å²) in [6.07, 6.45) is -0.817. The van der Waals surface area contributed by atoms with Crippen molar-refractivity contribution in [2.75, 3.05) is 0 Å². The van der Waals surface area contributed by atoms with Crippen LogP contribution in [0.25, 0.3) is 0 Å². The molecule has 2 N–H and O–H groups in total. The number of allylic oxidation sites excluding steroid dienone is 1. The maximum absolute atomic E-state index is 12.6. The summed E-state index contributed by atoms with van der Waals surface area (Å²) in [6, 6.07) is 0. The number of carbonyl (C=O) groups excluding carboxylic acids is 3. The van der Waals surface area contributed by atoms with Gasteiger partial charge in [-0.1, -0.05) is 26.0 Å². The number of rotatable bonds is 3. The van der Waals surface area contributed by atoms with Crippen LogP contribution in [0, 0.1) is 11.8 Å².